The highest BCUT2D eigenvalue weighted by Gasteiger charge is 2.51. The first-order valence-corrected chi connectivity index (χ1v) is 6.36. The molecule has 3 nitrogen and oxygen atoms in total. The maximum atomic E-state index is 12.8. The Morgan fingerprint density at radius 1 is 1.33 bits per heavy atom. The Morgan fingerprint density at radius 2 is 1.89 bits per heavy atom. The third-order valence-electron chi connectivity index (χ3n) is 2.65. The molecule has 7 heteroatoms. The summed E-state index contributed by atoms with van der Waals surface area (Å²) >= 11 is 1.12. The van der Waals surface area contributed by atoms with Crippen LogP contribution in [0, 0.1) is 0 Å². The van der Waals surface area contributed by atoms with E-state index in [1.54, 1.807) is 13.8 Å². The molecule has 1 unspecified atom stereocenters. The second kappa shape index (κ2) is 4.79. The van der Waals surface area contributed by atoms with Crippen LogP contribution in [-0.4, -0.2) is 17.8 Å². The summed E-state index contributed by atoms with van der Waals surface area (Å²) in [5, 5.41) is 1.82. The predicted octanol–water partition coefficient (Wildman–Crippen LogP) is 3.15. The number of halogens is 3. The third kappa shape index (κ3) is 2.84. The molecule has 0 saturated heterocycles. The normalized spacial score (nSPS) is 16.7. The molecule has 2 N–H and O–H groups in total. The van der Waals surface area contributed by atoms with Gasteiger partial charge in [0.15, 0.2) is 5.54 Å². The Kier molecular flexibility index (Phi) is 4.10. The van der Waals surface area contributed by atoms with Gasteiger partial charge in [0.05, 0.1) is 5.69 Å². The van der Waals surface area contributed by atoms with E-state index in [-0.39, 0.29) is 5.69 Å². The summed E-state index contributed by atoms with van der Waals surface area (Å²) in [6, 6.07) is 0. The minimum atomic E-state index is -4.53. The van der Waals surface area contributed by atoms with Crippen LogP contribution in [0.4, 0.5) is 13.2 Å². The molecular formula is C11H17F3N2OS. The highest BCUT2D eigenvalue weighted by molar-refractivity contribution is 7.09. The molecule has 18 heavy (non-hydrogen) atoms. The van der Waals surface area contributed by atoms with E-state index in [4.69, 9.17) is 10.5 Å². The van der Waals surface area contributed by atoms with Crippen molar-refractivity contribution in [3.63, 3.8) is 0 Å². The lowest BCUT2D eigenvalue weighted by molar-refractivity contribution is -0.185. The van der Waals surface area contributed by atoms with E-state index >= 15 is 0 Å². The van der Waals surface area contributed by atoms with Gasteiger partial charge in [-0.05, 0) is 27.7 Å². The summed E-state index contributed by atoms with van der Waals surface area (Å²) in [5.74, 6) is 0. The lowest BCUT2D eigenvalue weighted by Crippen LogP contribution is -2.48. The van der Waals surface area contributed by atoms with Crippen LogP contribution >= 0.6 is 11.3 Å². The molecule has 1 aromatic heterocycles. The first-order valence-electron chi connectivity index (χ1n) is 5.48. The van der Waals surface area contributed by atoms with Crippen LogP contribution in [0.2, 0.25) is 0 Å². The summed E-state index contributed by atoms with van der Waals surface area (Å²) < 4.78 is 43.8. The average Bonchev–Trinajstić information content (AvgIpc) is 2.64. The number of thiazole rings is 1. The van der Waals surface area contributed by atoms with Crippen molar-refractivity contribution in [3.8, 4) is 0 Å². The Hall–Kier alpha value is -0.660. The Labute approximate surface area is 108 Å². The van der Waals surface area contributed by atoms with Gasteiger partial charge in [0.25, 0.3) is 0 Å². The molecular weight excluding hydrogens is 265 g/mol. The average molecular weight is 282 g/mol. The maximum absolute atomic E-state index is 12.8. The predicted molar refractivity (Wildman–Crippen MR) is 64.4 cm³/mol. The van der Waals surface area contributed by atoms with Crippen LogP contribution in [0.15, 0.2) is 5.38 Å². The van der Waals surface area contributed by atoms with Crippen molar-refractivity contribution in [2.75, 3.05) is 6.61 Å². The van der Waals surface area contributed by atoms with E-state index in [2.05, 4.69) is 4.98 Å². The van der Waals surface area contributed by atoms with Crippen molar-refractivity contribution in [3.05, 3.63) is 16.1 Å². The van der Waals surface area contributed by atoms with Gasteiger partial charge in [-0.2, -0.15) is 13.2 Å². The van der Waals surface area contributed by atoms with Crippen molar-refractivity contribution in [1.82, 2.24) is 4.98 Å². The van der Waals surface area contributed by atoms with Crippen LogP contribution in [0.1, 0.15) is 38.4 Å². The zero-order valence-corrected chi connectivity index (χ0v) is 11.6. The highest BCUT2D eigenvalue weighted by Crippen LogP contribution is 2.38. The fourth-order valence-electron chi connectivity index (χ4n) is 1.36. The van der Waals surface area contributed by atoms with E-state index in [1.165, 1.54) is 5.38 Å². The number of hydrogen-bond acceptors (Lipinski definition) is 4. The molecule has 1 rings (SSSR count). The molecule has 104 valence electrons. The fraction of sp³-hybridized carbons (Fsp3) is 0.727. The van der Waals surface area contributed by atoms with Crippen molar-refractivity contribution < 1.29 is 17.9 Å². The fourth-order valence-corrected chi connectivity index (χ4v) is 2.37. The summed E-state index contributed by atoms with van der Waals surface area (Å²) in [4.78, 5) is 3.99. The molecule has 0 aromatic carbocycles. The molecule has 0 bridgehead atoms. The molecule has 1 aromatic rings. The minimum Gasteiger partial charge on any atom is -0.369 e. The van der Waals surface area contributed by atoms with Gasteiger partial charge < -0.3 is 10.5 Å². The largest absolute Gasteiger partial charge is 0.411 e. The molecule has 0 spiro atoms. The molecule has 0 aliphatic carbocycles. The first-order chi connectivity index (χ1) is 8.02. The van der Waals surface area contributed by atoms with Gasteiger partial charge in [-0.15, -0.1) is 11.3 Å². The summed E-state index contributed by atoms with van der Waals surface area (Å²) in [6.07, 6.45) is -4.53. The van der Waals surface area contributed by atoms with Crippen LogP contribution in [0.3, 0.4) is 0 Å². The number of nitrogens with zero attached hydrogens (tertiary/aromatic N) is 1. The monoisotopic (exact) mass is 282 g/mol. The van der Waals surface area contributed by atoms with Gasteiger partial charge in [0, 0.05) is 12.0 Å². The number of alkyl halides is 3. The molecule has 0 saturated carbocycles. The van der Waals surface area contributed by atoms with Gasteiger partial charge in [-0.1, -0.05) is 0 Å². The smallest absolute Gasteiger partial charge is 0.369 e. The lowest BCUT2D eigenvalue weighted by Gasteiger charge is -2.26. The van der Waals surface area contributed by atoms with Gasteiger partial charge in [0.2, 0.25) is 0 Å². The second-order valence-corrected chi connectivity index (χ2v) is 5.54. The number of hydrogen-bond donors (Lipinski definition) is 1. The van der Waals surface area contributed by atoms with E-state index in [0.717, 1.165) is 18.3 Å². The SMILES string of the molecule is CCOC(C)(C)c1nc(C(C)(N)C(F)(F)F)cs1. The van der Waals surface area contributed by atoms with Gasteiger partial charge >= 0.3 is 6.18 Å². The minimum absolute atomic E-state index is 0.178. The quantitative estimate of drug-likeness (QED) is 0.923. The van der Waals surface area contributed by atoms with Crippen LogP contribution in [0.5, 0.6) is 0 Å². The van der Waals surface area contributed by atoms with Crippen molar-refractivity contribution in [1.29, 1.82) is 0 Å². The summed E-state index contributed by atoms with van der Waals surface area (Å²) in [5.41, 5.74) is 2.00. The molecule has 0 aliphatic heterocycles. The Bertz CT molecular complexity index is 413. The Balaban J connectivity index is 3.08. The van der Waals surface area contributed by atoms with Crippen LogP contribution in [-0.2, 0) is 15.9 Å². The number of rotatable bonds is 4. The molecule has 0 amide bonds. The van der Waals surface area contributed by atoms with Gasteiger partial charge in [-0.3, -0.25) is 0 Å². The van der Waals surface area contributed by atoms with Gasteiger partial charge in [-0.25, -0.2) is 4.98 Å². The van der Waals surface area contributed by atoms with Crippen LogP contribution < -0.4 is 5.73 Å². The topological polar surface area (TPSA) is 48.1 Å². The molecule has 1 heterocycles. The zero-order valence-electron chi connectivity index (χ0n) is 10.8. The van der Waals surface area contributed by atoms with E-state index in [0.29, 0.717) is 11.6 Å². The molecule has 0 fully saturated rings. The standard InChI is InChI=1S/C11H17F3N2OS/c1-5-17-9(2,3)8-16-7(6-18-8)10(4,15)11(12,13)14/h6H,5,15H2,1-4H3. The van der Waals surface area contributed by atoms with Crippen molar-refractivity contribution in [2.24, 2.45) is 5.73 Å². The number of nitrogens with two attached hydrogens (primary N) is 1. The summed E-state index contributed by atoms with van der Waals surface area (Å²) in [7, 11) is 0. The van der Waals surface area contributed by atoms with E-state index in [9.17, 15) is 13.2 Å². The number of aromatic nitrogens is 1. The van der Waals surface area contributed by atoms with Crippen LogP contribution in [0.25, 0.3) is 0 Å². The molecule has 0 aliphatic rings. The number of ether oxygens (including phenoxy) is 1. The second-order valence-electron chi connectivity index (χ2n) is 4.68. The van der Waals surface area contributed by atoms with Crippen molar-refractivity contribution >= 4 is 11.3 Å². The molecule has 1 atom stereocenters. The highest BCUT2D eigenvalue weighted by atomic mass is 32.1. The van der Waals surface area contributed by atoms with Crippen molar-refractivity contribution in [2.45, 2.75) is 45.0 Å². The van der Waals surface area contributed by atoms with E-state index < -0.39 is 17.3 Å². The van der Waals surface area contributed by atoms with E-state index in [1.807, 2.05) is 6.92 Å². The van der Waals surface area contributed by atoms with Gasteiger partial charge in [0.1, 0.15) is 10.6 Å². The first kappa shape index (κ1) is 15.4. The Morgan fingerprint density at radius 3 is 2.33 bits per heavy atom. The molecule has 0 radical (unpaired) electrons. The zero-order chi connectivity index (χ0) is 14.2. The summed E-state index contributed by atoms with van der Waals surface area (Å²) in [6.45, 7) is 6.72. The third-order valence-corrected chi connectivity index (χ3v) is 3.79. The lowest BCUT2D eigenvalue weighted by atomic mass is 10.00. The maximum Gasteiger partial charge on any atom is 0.411 e.